The zero-order valence-electron chi connectivity index (χ0n) is 28.4. The summed E-state index contributed by atoms with van der Waals surface area (Å²) in [6.07, 6.45) is 5.19. The maximum absolute atomic E-state index is 17.5. The molecule has 2 aromatic carbocycles. The lowest BCUT2D eigenvalue weighted by Crippen LogP contribution is -2.64. The number of ether oxygens (including phenoxy) is 2. The van der Waals surface area contributed by atoms with Gasteiger partial charge in [0.2, 0.25) is 0 Å². The van der Waals surface area contributed by atoms with Crippen LogP contribution in [0.3, 0.4) is 0 Å². The van der Waals surface area contributed by atoms with Crippen LogP contribution in [0.25, 0.3) is 32.1 Å². The fourth-order valence-corrected chi connectivity index (χ4v) is 10.4. The number of nitrogens with two attached hydrogens (primary N) is 1. The summed E-state index contributed by atoms with van der Waals surface area (Å²) in [4.78, 5) is 33.0. The highest BCUT2D eigenvalue weighted by molar-refractivity contribution is 7.23. The molecule has 8 heterocycles. The van der Waals surface area contributed by atoms with E-state index in [2.05, 4.69) is 21.1 Å². The monoisotopic (exact) mass is 742 g/mol. The number of carbonyl (C=O) groups is 1. The normalized spacial score (nSPS) is 25.1. The average Bonchev–Trinajstić information content (AvgIpc) is 3.99. The van der Waals surface area contributed by atoms with E-state index in [9.17, 15) is 14.4 Å². The number of thiophene rings is 1. The summed E-state index contributed by atoms with van der Waals surface area (Å²) in [6.45, 7) is 2.99. The number of benzene rings is 2. The Labute approximate surface area is 304 Å². The van der Waals surface area contributed by atoms with Gasteiger partial charge in [0.25, 0.3) is 0 Å². The first kappa shape index (κ1) is 32.6. The van der Waals surface area contributed by atoms with Gasteiger partial charge >= 0.3 is 12.0 Å². The zero-order chi connectivity index (χ0) is 36.2. The summed E-state index contributed by atoms with van der Waals surface area (Å²) in [5.41, 5.74) is 6.94. The number of hydrogen-bond donors (Lipinski definition) is 1. The van der Waals surface area contributed by atoms with Crippen molar-refractivity contribution in [2.45, 2.75) is 62.6 Å². The van der Waals surface area contributed by atoms with Gasteiger partial charge in [0.1, 0.15) is 53.7 Å². The topological polar surface area (TPSA) is 152 Å². The lowest BCUT2D eigenvalue weighted by molar-refractivity contribution is 0.0400. The molecule has 1 unspecified atom stereocenters. The highest BCUT2D eigenvalue weighted by atomic mass is 32.1. The van der Waals surface area contributed by atoms with Crippen molar-refractivity contribution in [2.75, 3.05) is 50.0 Å². The molecule has 3 aromatic heterocycles. The Morgan fingerprint density at radius 3 is 2.77 bits per heavy atom. The van der Waals surface area contributed by atoms with Gasteiger partial charge in [-0.25, -0.2) is 22.9 Å². The molecular formula is C36H33F3N10O3S. The lowest BCUT2D eigenvalue weighted by atomic mass is 9.84. The van der Waals surface area contributed by atoms with Crippen molar-refractivity contribution in [2.24, 2.45) is 0 Å². The molecule has 0 bridgehead atoms. The van der Waals surface area contributed by atoms with Gasteiger partial charge in [0.05, 0.1) is 39.9 Å². The Morgan fingerprint density at radius 1 is 1.13 bits per heavy atom. The van der Waals surface area contributed by atoms with Crippen LogP contribution in [-0.4, -0.2) is 97.1 Å². The minimum Gasteiger partial charge on any atom is -0.461 e. The average molecular weight is 743 g/mol. The number of amides is 1. The van der Waals surface area contributed by atoms with Crippen molar-refractivity contribution in [1.82, 2.24) is 34.5 Å². The molecule has 4 fully saturated rings. The van der Waals surface area contributed by atoms with Crippen LogP contribution in [0.1, 0.15) is 48.8 Å². The molecule has 1 spiro atoms. The van der Waals surface area contributed by atoms with Crippen LogP contribution in [-0.2, 0) is 18.0 Å². The number of nitrogens with zero attached hydrogens (tertiary/aromatic N) is 9. The standard InChI is InChI=1S/C36H33F3N10O3S/c37-19-10-36(4-1-7-47(36)12-19)16-52-33-44-29-27(32(45-33)46-8-5-35(15-46)6-9-48(35)34(50)49-18-42-17-43-49)23-14-51-13-22(23)25(28(29)39)20-2-3-24(38)30-26(20)21(11-40)31(41)53-30/h2-3,17-19H,1,4-10,12-16,41H2/t19-,35?,36+/m1/s1. The van der Waals surface area contributed by atoms with E-state index in [0.717, 1.165) is 37.1 Å². The van der Waals surface area contributed by atoms with E-state index < -0.39 is 28.9 Å². The number of anilines is 2. The number of carbonyl (C=O) groups excluding carboxylic acids is 1. The number of nitrogen functional groups attached to an aromatic ring is 1. The summed E-state index contributed by atoms with van der Waals surface area (Å²) in [7, 11) is 0. The van der Waals surface area contributed by atoms with Crippen molar-refractivity contribution in [3.63, 3.8) is 0 Å². The summed E-state index contributed by atoms with van der Waals surface area (Å²) < 4.78 is 61.0. The van der Waals surface area contributed by atoms with Gasteiger partial charge in [-0.15, -0.1) is 11.3 Å². The van der Waals surface area contributed by atoms with Crippen LogP contribution in [0.2, 0.25) is 0 Å². The van der Waals surface area contributed by atoms with Gasteiger partial charge in [0.15, 0.2) is 5.82 Å². The Balaban J connectivity index is 1.13. The second-order valence-electron chi connectivity index (χ2n) is 14.7. The predicted octanol–water partition coefficient (Wildman–Crippen LogP) is 5.14. The summed E-state index contributed by atoms with van der Waals surface area (Å²) >= 11 is 0.944. The van der Waals surface area contributed by atoms with E-state index in [4.69, 9.17) is 25.2 Å². The van der Waals surface area contributed by atoms with Crippen molar-refractivity contribution in [3.05, 3.63) is 53.1 Å². The van der Waals surface area contributed by atoms with Crippen LogP contribution >= 0.6 is 11.3 Å². The smallest absolute Gasteiger partial charge is 0.346 e. The van der Waals surface area contributed by atoms with Gasteiger partial charge in [-0.1, -0.05) is 6.07 Å². The molecule has 3 atom stereocenters. The molecule has 53 heavy (non-hydrogen) atoms. The van der Waals surface area contributed by atoms with E-state index in [0.29, 0.717) is 66.9 Å². The first-order chi connectivity index (χ1) is 25.7. The van der Waals surface area contributed by atoms with E-state index in [1.165, 1.54) is 29.5 Å². The molecule has 272 valence electrons. The Bertz CT molecular complexity index is 2400. The number of aromatic nitrogens is 5. The Morgan fingerprint density at radius 2 is 1.98 bits per heavy atom. The molecule has 5 aliphatic rings. The number of alkyl halides is 1. The first-order valence-corrected chi connectivity index (χ1v) is 18.5. The van der Waals surface area contributed by atoms with Crippen LogP contribution in [0.4, 0.5) is 28.8 Å². The minimum absolute atomic E-state index is 0.0101. The maximum Gasteiger partial charge on any atom is 0.346 e. The third-order valence-electron chi connectivity index (χ3n) is 12.0. The van der Waals surface area contributed by atoms with Crippen molar-refractivity contribution in [3.8, 4) is 23.2 Å². The molecular weight excluding hydrogens is 710 g/mol. The van der Waals surface area contributed by atoms with Gasteiger partial charge in [-0.2, -0.15) is 25.0 Å². The molecule has 5 aromatic rings. The predicted molar refractivity (Wildman–Crippen MR) is 188 cm³/mol. The molecule has 2 N–H and O–H groups in total. The SMILES string of the molecule is N#Cc1c(N)sc2c(F)ccc(-c3c4c(c5c(N6CCC7(CCN7C(=O)n7cncn7)C6)nc(OC[C@@]67CCCN6C[C@H](F)C7)nc5c3F)COC4)c12. The number of rotatable bonds is 5. The maximum atomic E-state index is 17.5. The first-order valence-electron chi connectivity index (χ1n) is 17.7. The number of fused-ring (bicyclic) bond motifs is 5. The van der Waals surface area contributed by atoms with Crippen molar-refractivity contribution >= 4 is 49.2 Å². The molecule has 17 heteroatoms. The summed E-state index contributed by atoms with van der Waals surface area (Å²) in [6, 6.07) is 4.49. The number of hydrogen-bond acceptors (Lipinski definition) is 12. The molecule has 1 amide bonds. The van der Waals surface area contributed by atoms with Gasteiger partial charge in [0, 0.05) is 43.5 Å². The highest BCUT2D eigenvalue weighted by Gasteiger charge is 2.53. The third-order valence-corrected chi connectivity index (χ3v) is 13.1. The van der Waals surface area contributed by atoms with E-state index >= 15 is 8.78 Å². The summed E-state index contributed by atoms with van der Waals surface area (Å²) in [5, 5.41) is 14.9. The van der Waals surface area contributed by atoms with Gasteiger partial charge in [-0.3, -0.25) is 4.90 Å². The van der Waals surface area contributed by atoms with Crippen LogP contribution in [0.5, 0.6) is 6.01 Å². The van der Waals surface area contributed by atoms with E-state index in [1.54, 1.807) is 4.90 Å². The van der Waals surface area contributed by atoms with E-state index in [-0.39, 0.29) is 63.6 Å². The van der Waals surface area contributed by atoms with Crippen molar-refractivity contribution in [1.29, 1.82) is 5.26 Å². The Hall–Kier alpha value is -5.05. The van der Waals surface area contributed by atoms with Crippen LogP contribution < -0.4 is 15.4 Å². The van der Waals surface area contributed by atoms with Crippen molar-refractivity contribution < 1.29 is 27.4 Å². The zero-order valence-corrected chi connectivity index (χ0v) is 29.3. The number of likely N-dealkylation sites (tertiary alicyclic amines) is 1. The molecule has 10 rings (SSSR count). The summed E-state index contributed by atoms with van der Waals surface area (Å²) in [5.74, 6) is -0.800. The molecule has 0 aliphatic carbocycles. The fraction of sp³-hybridized carbons (Fsp3) is 0.444. The van der Waals surface area contributed by atoms with Gasteiger partial charge < -0.3 is 25.0 Å². The van der Waals surface area contributed by atoms with Gasteiger partial charge in [-0.05, 0) is 55.0 Å². The molecule has 0 saturated carbocycles. The Kier molecular flexibility index (Phi) is 7.21. The number of nitriles is 1. The second-order valence-corrected chi connectivity index (χ2v) is 15.8. The second kappa shape index (κ2) is 11.7. The quantitative estimate of drug-likeness (QED) is 0.255. The van der Waals surface area contributed by atoms with Crippen LogP contribution in [0.15, 0.2) is 24.8 Å². The number of halogens is 3. The third kappa shape index (κ3) is 4.71. The largest absolute Gasteiger partial charge is 0.461 e. The molecule has 0 radical (unpaired) electrons. The fourth-order valence-electron chi connectivity index (χ4n) is 9.45. The minimum atomic E-state index is -0.960. The van der Waals surface area contributed by atoms with E-state index in [1.807, 2.05) is 4.90 Å². The highest BCUT2D eigenvalue weighted by Crippen LogP contribution is 2.49. The van der Waals surface area contributed by atoms with Crippen LogP contribution in [0, 0.1) is 23.0 Å². The molecule has 13 nitrogen and oxygen atoms in total. The molecule has 5 aliphatic heterocycles. The molecule has 4 saturated heterocycles. The lowest BCUT2D eigenvalue weighted by Gasteiger charge is -2.50.